The molecule has 2 N–H and O–H groups in total. The number of rotatable bonds is 2. The molecule has 20 heavy (non-hydrogen) atoms. The molecule has 2 aromatic carbocycles. The van der Waals surface area contributed by atoms with Crippen LogP contribution in [0.25, 0.3) is 10.8 Å². The fourth-order valence-electron chi connectivity index (χ4n) is 2.29. The molecule has 0 saturated carbocycles. The molecule has 0 radical (unpaired) electrons. The molecular weight excluding hydrogens is 248 g/mol. The van der Waals surface area contributed by atoms with Gasteiger partial charge in [0.2, 0.25) is 0 Å². The first-order valence-electron chi connectivity index (χ1n) is 6.40. The third kappa shape index (κ3) is 2.03. The zero-order chi connectivity index (χ0) is 14.1. The maximum absolute atomic E-state index is 12.7. The molecule has 0 unspecified atom stereocenters. The Bertz CT molecular complexity index is 804. The molecule has 3 heteroatoms. The number of aryl methyl sites for hydroxylation is 1. The molecule has 0 amide bonds. The predicted octanol–water partition coefficient (Wildman–Crippen LogP) is 3.36. The Morgan fingerprint density at radius 2 is 2.00 bits per heavy atom. The van der Waals surface area contributed by atoms with Gasteiger partial charge in [-0.2, -0.15) is 0 Å². The van der Waals surface area contributed by atoms with Crippen LogP contribution in [0.15, 0.2) is 54.9 Å². The summed E-state index contributed by atoms with van der Waals surface area (Å²) < 4.78 is 0. The van der Waals surface area contributed by atoms with Crippen molar-refractivity contribution in [2.45, 2.75) is 6.92 Å². The molecule has 0 saturated heterocycles. The molecule has 1 aromatic heterocycles. The highest BCUT2D eigenvalue weighted by Gasteiger charge is 2.12. The molecular formula is C17H14N2O. The Balaban J connectivity index is 2.15. The Labute approximate surface area is 117 Å². The number of anilines is 1. The number of carbonyl (C=O) groups is 1. The number of carbonyl (C=O) groups excluding carboxylic acids is 1. The number of ketones is 1. The summed E-state index contributed by atoms with van der Waals surface area (Å²) in [6, 6.07) is 12.9. The Kier molecular flexibility index (Phi) is 2.95. The Morgan fingerprint density at radius 1 is 1.15 bits per heavy atom. The topological polar surface area (TPSA) is 56.0 Å². The normalized spacial score (nSPS) is 10.7. The lowest BCUT2D eigenvalue weighted by atomic mass is 9.97. The van der Waals surface area contributed by atoms with E-state index in [0.717, 1.165) is 16.3 Å². The second-order valence-corrected chi connectivity index (χ2v) is 4.80. The van der Waals surface area contributed by atoms with Gasteiger partial charge in [-0.25, -0.2) is 0 Å². The first-order chi connectivity index (χ1) is 9.66. The number of aromatic nitrogens is 1. The average Bonchev–Trinajstić information content (AvgIpc) is 2.49. The molecule has 1 heterocycles. The number of benzene rings is 2. The summed E-state index contributed by atoms with van der Waals surface area (Å²) in [6.45, 7) is 1.90. The van der Waals surface area contributed by atoms with E-state index in [2.05, 4.69) is 4.98 Å². The molecule has 3 aromatic rings. The highest BCUT2D eigenvalue weighted by molar-refractivity contribution is 6.16. The van der Waals surface area contributed by atoms with Crippen LogP contribution in [0.2, 0.25) is 0 Å². The van der Waals surface area contributed by atoms with Gasteiger partial charge in [0.15, 0.2) is 5.78 Å². The summed E-state index contributed by atoms with van der Waals surface area (Å²) >= 11 is 0. The van der Waals surface area contributed by atoms with Crippen molar-refractivity contribution in [1.82, 2.24) is 4.98 Å². The number of nitrogens with two attached hydrogens (primary N) is 1. The fraction of sp³-hybridized carbons (Fsp3) is 0.0588. The van der Waals surface area contributed by atoms with Gasteiger partial charge >= 0.3 is 0 Å². The van der Waals surface area contributed by atoms with Crippen LogP contribution in [0.5, 0.6) is 0 Å². The standard InChI is InChI=1S/C17H14N2O/c1-11-9-12(5-6-16(11)18)17(20)15-4-2-3-13-10-19-8-7-14(13)15/h2-10H,18H2,1H3. The van der Waals surface area contributed by atoms with Gasteiger partial charge in [-0.05, 0) is 42.1 Å². The van der Waals surface area contributed by atoms with E-state index in [1.54, 1.807) is 24.5 Å². The summed E-state index contributed by atoms with van der Waals surface area (Å²) in [5.74, 6) is 0.00454. The molecule has 3 rings (SSSR count). The van der Waals surface area contributed by atoms with E-state index < -0.39 is 0 Å². The van der Waals surface area contributed by atoms with E-state index in [4.69, 9.17) is 5.73 Å². The van der Waals surface area contributed by atoms with Crippen LogP contribution in [0.1, 0.15) is 21.5 Å². The van der Waals surface area contributed by atoms with Crippen LogP contribution in [0.4, 0.5) is 5.69 Å². The van der Waals surface area contributed by atoms with Crippen molar-refractivity contribution in [3.63, 3.8) is 0 Å². The van der Waals surface area contributed by atoms with Gasteiger partial charge in [0, 0.05) is 34.6 Å². The quantitative estimate of drug-likeness (QED) is 0.569. The zero-order valence-corrected chi connectivity index (χ0v) is 11.1. The molecule has 0 bridgehead atoms. The third-order valence-corrected chi connectivity index (χ3v) is 3.46. The van der Waals surface area contributed by atoms with Crippen molar-refractivity contribution >= 4 is 22.2 Å². The van der Waals surface area contributed by atoms with E-state index >= 15 is 0 Å². The van der Waals surface area contributed by atoms with Crippen molar-refractivity contribution in [3.8, 4) is 0 Å². The smallest absolute Gasteiger partial charge is 0.193 e. The highest BCUT2D eigenvalue weighted by Crippen LogP contribution is 2.22. The molecule has 0 spiro atoms. The minimum atomic E-state index is 0.00454. The van der Waals surface area contributed by atoms with Crippen LogP contribution in [0.3, 0.4) is 0 Å². The fourth-order valence-corrected chi connectivity index (χ4v) is 2.29. The van der Waals surface area contributed by atoms with Gasteiger partial charge in [-0.15, -0.1) is 0 Å². The van der Waals surface area contributed by atoms with Crippen molar-refractivity contribution in [2.24, 2.45) is 0 Å². The van der Waals surface area contributed by atoms with Gasteiger partial charge in [-0.3, -0.25) is 9.78 Å². The lowest BCUT2D eigenvalue weighted by molar-refractivity contribution is 0.104. The zero-order valence-electron chi connectivity index (χ0n) is 11.1. The molecule has 0 aliphatic carbocycles. The summed E-state index contributed by atoms with van der Waals surface area (Å²) in [5, 5.41) is 1.88. The first-order valence-corrected chi connectivity index (χ1v) is 6.40. The molecule has 3 nitrogen and oxygen atoms in total. The second-order valence-electron chi connectivity index (χ2n) is 4.80. The first kappa shape index (κ1) is 12.4. The number of nitrogens with zero attached hydrogens (tertiary/aromatic N) is 1. The van der Waals surface area contributed by atoms with Gasteiger partial charge in [0.25, 0.3) is 0 Å². The van der Waals surface area contributed by atoms with E-state index in [1.807, 2.05) is 37.3 Å². The Hall–Kier alpha value is -2.68. The third-order valence-electron chi connectivity index (χ3n) is 3.46. The van der Waals surface area contributed by atoms with Gasteiger partial charge in [0.05, 0.1) is 0 Å². The number of hydrogen-bond donors (Lipinski definition) is 1. The summed E-state index contributed by atoms with van der Waals surface area (Å²) in [6.07, 6.45) is 3.47. The number of nitrogen functional groups attached to an aromatic ring is 1. The summed E-state index contributed by atoms with van der Waals surface area (Å²) in [5.41, 5.74) is 8.75. The van der Waals surface area contributed by atoms with Crippen molar-refractivity contribution in [1.29, 1.82) is 0 Å². The minimum Gasteiger partial charge on any atom is -0.399 e. The summed E-state index contributed by atoms with van der Waals surface area (Å²) in [4.78, 5) is 16.7. The average molecular weight is 262 g/mol. The van der Waals surface area contributed by atoms with Crippen molar-refractivity contribution in [2.75, 3.05) is 5.73 Å². The van der Waals surface area contributed by atoms with Gasteiger partial charge in [0.1, 0.15) is 0 Å². The number of hydrogen-bond acceptors (Lipinski definition) is 3. The van der Waals surface area contributed by atoms with E-state index in [-0.39, 0.29) is 5.78 Å². The van der Waals surface area contributed by atoms with Crippen LogP contribution >= 0.6 is 0 Å². The van der Waals surface area contributed by atoms with Crippen LogP contribution in [-0.2, 0) is 0 Å². The lowest BCUT2D eigenvalue weighted by Crippen LogP contribution is -2.03. The van der Waals surface area contributed by atoms with Gasteiger partial charge in [-0.1, -0.05) is 18.2 Å². The largest absolute Gasteiger partial charge is 0.399 e. The van der Waals surface area contributed by atoms with Crippen molar-refractivity contribution in [3.05, 3.63) is 71.5 Å². The molecule has 0 fully saturated rings. The maximum atomic E-state index is 12.7. The van der Waals surface area contributed by atoms with E-state index in [0.29, 0.717) is 16.8 Å². The monoisotopic (exact) mass is 262 g/mol. The van der Waals surface area contributed by atoms with Crippen molar-refractivity contribution < 1.29 is 4.79 Å². The molecule has 98 valence electrons. The summed E-state index contributed by atoms with van der Waals surface area (Å²) in [7, 11) is 0. The second kappa shape index (κ2) is 4.78. The number of fused-ring (bicyclic) bond motifs is 1. The molecule has 0 aliphatic rings. The molecule has 0 aliphatic heterocycles. The van der Waals surface area contributed by atoms with E-state index in [1.165, 1.54) is 0 Å². The SMILES string of the molecule is Cc1cc(C(=O)c2cccc3cnccc23)ccc1N. The minimum absolute atomic E-state index is 0.00454. The Morgan fingerprint density at radius 3 is 2.80 bits per heavy atom. The van der Waals surface area contributed by atoms with Gasteiger partial charge < -0.3 is 5.73 Å². The highest BCUT2D eigenvalue weighted by atomic mass is 16.1. The number of pyridine rings is 1. The maximum Gasteiger partial charge on any atom is 0.193 e. The van der Waals surface area contributed by atoms with Crippen LogP contribution in [0, 0.1) is 6.92 Å². The predicted molar refractivity (Wildman–Crippen MR) is 80.8 cm³/mol. The van der Waals surface area contributed by atoms with Crippen LogP contribution in [-0.4, -0.2) is 10.8 Å². The molecule has 0 atom stereocenters. The van der Waals surface area contributed by atoms with Crippen LogP contribution < -0.4 is 5.73 Å². The van der Waals surface area contributed by atoms with E-state index in [9.17, 15) is 4.79 Å². The lowest BCUT2D eigenvalue weighted by Gasteiger charge is -2.07.